The van der Waals surface area contributed by atoms with Crippen LogP contribution in [0.1, 0.15) is 19.3 Å². The van der Waals surface area contributed by atoms with Crippen LogP contribution in [0.2, 0.25) is 0 Å². The van der Waals surface area contributed by atoms with E-state index in [4.69, 9.17) is 18.6 Å². The van der Waals surface area contributed by atoms with Crippen molar-refractivity contribution in [1.82, 2.24) is 4.90 Å². The predicted molar refractivity (Wildman–Crippen MR) is 117 cm³/mol. The van der Waals surface area contributed by atoms with E-state index in [0.29, 0.717) is 34.8 Å². The average molecular weight is 409 g/mol. The SMILES string of the molecule is COc1cc(OC)c2c(=O)cc(-c3ccc(OCCN4CCCCC4)cc3)oc2c1. The van der Waals surface area contributed by atoms with E-state index >= 15 is 0 Å². The second kappa shape index (κ2) is 9.22. The second-order valence-electron chi connectivity index (χ2n) is 7.45. The highest BCUT2D eigenvalue weighted by Crippen LogP contribution is 2.32. The third kappa shape index (κ3) is 4.44. The van der Waals surface area contributed by atoms with E-state index in [1.54, 1.807) is 19.2 Å². The summed E-state index contributed by atoms with van der Waals surface area (Å²) in [6.07, 6.45) is 3.90. The van der Waals surface area contributed by atoms with Crippen LogP contribution in [-0.4, -0.2) is 45.4 Å². The van der Waals surface area contributed by atoms with E-state index < -0.39 is 0 Å². The van der Waals surface area contributed by atoms with Gasteiger partial charge in [0.15, 0.2) is 5.43 Å². The first-order valence-corrected chi connectivity index (χ1v) is 10.3. The molecule has 4 rings (SSSR count). The highest BCUT2D eigenvalue weighted by atomic mass is 16.5. The number of rotatable bonds is 7. The molecule has 0 spiro atoms. The lowest BCUT2D eigenvalue weighted by molar-refractivity contribution is 0.183. The summed E-state index contributed by atoms with van der Waals surface area (Å²) in [7, 11) is 3.08. The van der Waals surface area contributed by atoms with Crippen LogP contribution in [0.5, 0.6) is 17.2 Å². The lowest BCUT2D eigenvalue weighted by atomic mass is 10.1. The molecule has 2 aromatic carbocycles. The monoisotopic (exact) mass is 409 g/mol. The second-order valence-corrected chi connectivity index (χ2v) is 7.45. The number of fused-ring (bicyclic) bond motifs is 1. The molecule has 0 N–H and O–H groups in total. The molecule has 6 heteroatoms. The molecule has 0 atom stereocenters. The minimum atomic E-state index is -0.160. The van der Waals surface area contributed by atoms with Gasteiger partial charge in [0, 0.05) is 30.3 Å². The summed E-state index contributed by atoms with van der Waals surface area (Å²) in [5.74, 6) is 2.30. The van der Waals surface area contributed by atoms with Gasteiger partial charge in [-0.15, -0.1) is 0 Å². The van der Waals surface area contributed by atoms with Crippen LogP contribution >= 0.6 is 0 Å². The number of hydrogen-bond donors (Lipinski definition) is 0. The molecule has 1 saturated heterocycles. The first kappa shape index (κ1) is 20.3. The molecule has 1 aromatic heterocycles. The van der Waals surface area contributed by atoms with Crippen molar-refractivity contribution >= 4 is 11.0 Å². The van der Waals surface area contributed by atoms with Crippen molar-refractivity contribution in [3.8, 4) is 28.6 Å². The van der Waals surface area contributed by atoms with Gasteiger partial charge in [0.05, 0.1) is 14.2 Å². The number of ether oxygens (including phenoxy) is 3. The number of hydrogen-bond acceptors (Lipinski definition) is 6. The number of likely N-dealkylation sites (tertiary alicyclic amines) is 1. The van der Waals surface area contributed by atoms with Crippen molar-refractivity contribution in [2.45, 2.75) is 19.3 Å². The fourth-order valence-electron chi connectivity index (χ4n) is 3.84. The lowest BCUT2D eigenvalue weighted by Crippen LogP contribution is -2.33. The Balaban J connectivity index is 1.51. The van der Waals surface area contributed by atoms with E-state index in [9.17, 15) is 4.79 Å². The minimum Gasteiger partial charge on any atom is -0.496 e. The first-order valence-electron chi connectivity index (χ1n) is 10.3. The fourth-order valence-corrected chi connectivity index (χ4v) is 3.84. The molecular weight excluding hydrogens is 382 g/mol. The quantitative estimate of drug-likeness (QED) is 0.578. The van der Waals surface area contributed by atoms with Gasteiger partial charge < -0.3 is 18.6 Å². The third-order valence-corrected chi connectivity index (χ3v) is 5.49. The Labute approximate surface area is 176 Å². The molecule has 2 heterocycles. The first-order chi connectivity index (χ1) is 14.7. The van der Waals surface area contributed by atoms with Gasteiger partial charge >= 0.3 is 0 Å². The maximum Gasteiger partial charge on any atom is 0.197 e. The highest BCUT2D eigenvalue weighted by Gasteiger charge is 2.14. The van der Waals surface area contributed by atoms with Crippen LogP contribution in [0.4, 0.5) is 0 Å². The lowest BCUT2D eigenvalue weighted by Gasteiger charge is -2.26. The normalized spacial score (nSPS) is 14.6. The number of piperidine rings is 1. The Kier molecular flexibility index (Phi) is 6.23. The number of benzene rings is 2. The van der Waals surface area contributed by atoms with Crippen molar-refractivity contribution in [1.29, 1.82) is 0 Å². The molecule has 0 saturated carbocycles. The van der Waals surface area contributed by atoms with Gasteiger partial charge in [-0.05, 0) is 50.2 Å². The van der Waals surface area contributed by atoms with E-state index in [-0.39, 0.29) is 5.43 Å². The topological polar surface area (TPSA) is 61.1 Å². The zero-order chi connectivity index (χ0) is 20.9. The van der Waals surface area contributed by atoms with Crippen LogP contribution in [0.25, 0.3) is 22.3 Å². The average Bonchev–Trinajstić information content (AvgIpc) is 2.79. The van der Waals surface area contributed by atoms with E-state index in [1.807, 2.05) is 24.3 Å². The van der Waals surface area contributed by atoms with Crippen molar-refractivity contribution in [2.75, 3.05) is 40.5 Å². The molecular formula is C24H27NO5. The fraction of sp³-hybridized carbons (Fsp3) is 0.375. The largest absolute Gasteiger partial charge is 0.496 e. The van der Waals surface area contributed by atoms with E-state index in [2.05, 4.69) is 4.90 Å². The molecule has 6 nitrogen and oxygen atoms in total. The van der Waals surface area contributed by atoms with Gasteiger partial charge in [-0.2, -0.15) is 0 Å². The Morgan fingerprint density at radius 1 is 0.933 bits per heavy atom. The third-order valence-electron chi connectivity index (χ3n) is 5.49. The molecule has 0 amide bonds. The van der Waals surface area contributed by atoms with Crippen molar-refractivity contribution in [2.24, 2.45) is 0 Å². The molecule has 0 unspecified atom stereocenters. The van der Waals surface area contributed by atoms with Crippen molar-refractivity contribution < 1.29 is 18.6 Å². The molecule has 0 bridgehead atoms. The maximum atomic E-state index is 12.7. The minimum absolute atomic E-state index is 0.160. The van der Waals surface area contributed by atoms with Crippen molar-refractivity contribution in [3.05, 3.63) is 52.7 Å². The molecule has 0 radical (unpaired) electrons. The Morgan fingerprint density at radius 2 is 1.70 bits per heavy atom. The molecule has 30 heavy (non-hydrogen) atoms. The van der Waals surface area contributed by atoms with Gasteiger partial charge in [0.1, 0.15) is 40.6 Å². The van der Waals surface area contributed by atoms with Gasteiger partial charge in [-0.25, -0.2) is 0 Å². The van der Waals surface area contributed by atoms with Crippen LogP contribution in [0.15, 0.2) is 51.7 Å². The molecule has 3 aromatic rings. The zero-order valence-corrected chi connectivity index (χ0v) is 17.5. The summed E-state index contributed by atoms with van der Waals surface area (Å²) in [5, 5.41) is 0.403. The predicted octanol–water partition coefficient (Wildman–Crippen LogP) is 4.34. The molecule has 0 aliphatic carbocycles. The molecule has 1 aliphatic heterocycles. The van der Waals surface area contributed by atoms with Crippen LogP contribution in [0, 0.1) is 0 Å². The summed E-state index contributed by atoms with van der Waals surface area (Å²) in [5.41, 5.74) is 1.07. The zero-order valence-electron chi connectivity index (χ0n) is 17.5. The van der Waals surface area contributed by atoms with E-state index in [1.165, 1.54) is 45.5 Å². The molecule has 158 valence electrons. The molecule has 1 aliphatic rings. The van der Waals surface area contributed by atoms with Crippen LogP contribution < -0.4 is 19.6 Å². The summed E-state index contributed by atoms with van der Waals surface area (Å²) in [6, 6.07) is 12.5. The smallest absolute Gasteiger partial charge is 0.197 e. The molecule has 1 fully saturated rings. The van der Waals surface area contributed by atoms with Gasteiger partial charge in [0.25, 0.3) is 0 Å². The Bertz CT molecular complexity index is 1050. The summed E-state index contributed by atoms with van der Waals surface area (Å²) in [6.45, 7) is 3.95. The maximum absolute atomic E-state index is 12.7. The van der Waals surface area contributed by atoms with Gasteiger partial charge in [-0.1, -0.05) is 6.42 Å². The Hall–Kier alpha value is -2.99. The summed E-state index contributed by atoms with van der Waals surface area (Å²) in [4.78, 5) is 15.1. The van der Waals surface area contributed by atoms with Crippen LogP contribution in [-0.2, 0) is 0 Å². The Morgan fingerprint density at radius 3 is 2.40 bits per heavy atom. The van der Waals surface area contributed by atoms with Gasteiger partial charge in [0.2, 0.25) is 0 Å². The number of nitrogens with zero attached hydrogens (tertiary/aromatic N) is 1. The summed E-state index contributed by atoms with van der Waals surface area (Å²) < 4.78 is 22.5. The van der Waals surface area contributed by atoms with Crippen molar-refractivity contribution in [3.63, 3.8) is 0 Å². The van der Waals surface area contributed by atoms with Gasteiger partial charge in [-0.3, -0.25) is 9.69 Å². The highest BCUT2D eigenvalue weighted by molar-refractivity contribution is 5.86. The summed E-state index contributed by atoms with van der Waals surface area (Å²) >= 11 is 0. The number of methoxy groups -OCH3 is 2. The standard InChI is InChI=1S/C24H27NO5/c1-27-19-14-22(28-2)24-20(26)16-21(30-23(24)15-19)17-6-8-18(9-7-17)29-13-12-25-10-4-3-5-11-25/h6-9,14-16H,3-5,10-13H2,1-2H3. The van der Waals surface area contributed by atoms with E-state index in [0.717, 1.165) is 17.9 Å². The van der Waals surface area contributed by atoms with Crippen LogP contribution in [0.3, 0.4) is 0 Å².